The normalized spacial score (nSPS) is 22.7. The second kappa shape index (κ2) is 4.89. The first-order chi connectivity index (χ1) is 9.22. The predicted octanol–water partition coefficient (Wildman–Crippen LogP) is 1.27. The number of rotatable bonds is 4. The molecule has 2 atom stereocenters. The van der Waals surface area contributed by atoms with Gasteiger partial charge in [-0.25, -0.2) is 0 Å². The molecule has 2 heterocycles. The Hall–Kier alpha value is -2.08. The van der Waals surface area contributed by atoms with Gasteiger partial charge in [0.25, 0.3) is 6.01 Å². The number of anilines is 1. The molecule has 3 rings (SSSR count). The number of hydrogen-bond acceptors (Lipinski definition) is 5. The van der Waals surface area contributed by atoms with Crippen molar-refractivity contribution in [1.29, 1.82) is 0 Å². The van der Waals surface area contributed by atoms with Crippen molar-refractivity contribution in [2.75, 3.05) is 11.9 Å². The van der Waals surface area contributed by atoms with E-state index in [0.717, 1.165) is 17.5 Å². The van der Waals surface area contributed by atoms with Crippen LogP contribution >= 0.6 is 0 Å². The predicted molar refractivity (Wildman–Crippen MR) is 69.6 cm³/mol. The van der Waals surface area contributed by atoms with Crippen molar-refractivity contribution in [2.24, 2.45) is 5.73 Å². The lowest BCUT2D eigenvalue weighted by Gasteiger charge is -2.11. The van der Waals surface area contributed by atoms with Crippen LogP contribution in [0.5, 0.6) is 0 Å². The van der Waals surface area contributed by atoms with Crippen LogP contribution in [0, 0.1) is 0 Å². The average Bonchev–Trinajstić information content (AvgIpc) is 3.02. The molecule has 6 heteroatoms. The molecule has 100 valence electrons. The highest BCUT2D eigenvalue weighted by Crippen LogP contribution is 2.21. The number of nitrogens with two attached hydrogens (primary N) is 1. The van der Waals surface area contributed by atoms with Crippen LogP contribution in [-0.2, 0) is 9.53 Å². The smallest absolute Gasteiger partial charge is 0.295 e. The van der Waals surface area contributed by atoms with Gasteiger partial charge in [-0.3, -0.25) is 4.79 Å². The number of carbonyl (C=O) groups excluding carboxylic acids is 1. The minimum absolute atomic E-state index is 0.0347. The number of amides is 1. The summed E-state index contributed by atoms with van der Waals surface area (Å²) < 4.78 is 11.0. The van der Waals surface area contributed by atoms with Gasteiger partial charge in [0.1, 0.15) is 11.6 Å². The summed E-state index contributed by atoms with van der Waals surface area (Å²) in [4.78, 5) is 15.3. The fourth-order valence-electron chi connectivity index (χ4n) is 2.21. The van der Waals surface area contributed by atoms with Crippen molar-refractivity contribution in [3.05, 3.63) is 24.3 Å². The van der Waals surface area contributed by atoms with Gasteiger partial charge in [0.05, 0.1) is 6.10 Å². The summed E-state index contributed by atoms with van der Waals surface area (Å²) in [6.45, 7) is 0.552. The molecular weight excluding hydrogens is 246 g/mol. The van der Waals surface area contributed by atoms with Gasteiger partial charge in [0.2, 0.25) is 5.91 Å². The highest BCUT2D eigenvalue weighted by atomic mass is 16.5. The van der Waals surface area contributed by atoms with E-state index in [1.165, 1.54) is 0 Å². The number of carbonyl (C=O) groups is 1. The molecule has 6 nitrogen and oxygen atoms in total. The zero-order valence-corrected chi connectivity index (χ0v) is 10.3. The van der Waals surface area contributed by atoms with Crippen molar-refractivity contribution in [1.82, 2.24) is 4.98 Å². The summed E-state index contributed by atoms with van der Waals surface area (Å²) in [6, 6.07) is 8.02. The van der Waals surface area contributed by atoms with Crippen LogP contribution in [0.25, 0.3) is 11.1 Å². The number of aromatic nitrogens is 1. The monoisotopic (exact) mass is 261 g/mol. The van der Waals surface area contributed by atoms with Crippen LogP contribution in [0.3, 0.4) is 0 Å². The molecule has 2 aromatic rings. The van der Waals surface area contributed by atoms with Crippen LogP contribution in [0.1, 0.15) is 12.8 Å². The van der Waals surface area contributed by atoms with E-state index in [1.807, 2.05) is 24.3 Å². The quantitative estimate of drug-likeness (QED) is 0.865. The van der Waals surface area contributed by atoms with E-state index in [2.05, 4.69) is 10.3 Å². The Bertz CT molecular complexity index is 563. The fourth-order valence-corrected chi connectivity index (χ4v) is 2.21. The largest absolute Gasteiger partial charge is 0.424 e. The Labute approximate surface area is 109 Å². The third kappa shape index (κ3) is 2.53. The van der Waals surface area contributed by atoms with E-state index in [0.29, 0.717) is 19.0 Å². The number of ether oxygens (including phenoxy) is 1. The molecule has 1 aliphatic heterocycles. The standard InChI is InChI=1S/C13H15N3O3/c14-12(17)11-6-5-8(18-11)7-15-13-16-9-3-1-2-4-10(9)19-13/h1-4,8,11H,5-7H2,(H2,14,17)(H,15,16)/t8-,11-/m0/s1. The van der Waals surface area contributed by atoms with E-state index in [1.54, 1.807) is 0 Å². The molecule has 1 aromatic carbocycles. The lowest BCUT2D eigenvalue weighted by Crippen LogP contribution is -2.30. The highest BCUT2D eigenvalue weighted by Gasteiger charge is 2.29. The van der Waals surface area contributed by atoms with Gasteiger partial charge in [-0.1, -0.05) is 12.1 Å². The molecule has 1 aliphatic rings. The van der Waals surface area contributed by atoms with Crippen molar-refractivity contribution in [2.45, 2.75) is 25.0 Å². The van der Waals surface area contributed by atoms with Gasteiger partial charge in [0, 0.05) is 6.54 Å². The van der Waals surface area contributed by atoms with Gasteiger partial charge >= 0.3 is 0 Å². The second-order valence-electron chi connectivity index (χ2n) is 4.59. The number of oxazole rings is 1. The first-order valence-electron chi connectivity index (χ1n) is 6.26. The number of para-hydroxylation sites is 2. The van der Waals surface area contributed by atoms with E-state index < -0.39 is 12.0 Å². The van der Waals surface area contributed by atoms with E-state index in [4.69, 9.17) is 14.9 Å². The van der Waals surface area contributed by atoms with Crippen LogP contribution < -0.4 is 11.1 Å². The molecule has 1 saturated heterocycles. The molecule has 3 N–H and O–H groups in total. The molecule has 19 heavy (non-hydrogen) atoms. The molecule has 0 saturated carbocycles. The van der Waals surface area contributed by atoms with Gasteiger partial charge in [0.15, 0.2) is 5.58 Å². The van der Waals surface area contributed by atoms with Crippen LogP contribution in [0.4, 0.5) is 6.01 Å². The maximum absolute atomic E-state index is 11.0. The summed E-state index contributed by atoms with van der Waals surface area (Å²) in [6.07, 6.45) is 0.985. The Kier molecular flexibility index (Phi) is 3.08. The third-order valence-corrected chi connectivity index (χ3v) is 3.20. The van der Waals surface area contributed by atoms with Gasteiger partial charge in [-0.15, -0.1) is 0 Å². The summed E-state index contributed by atoms with van der Waals surface area (Å²) in [7, 11) is 0. The Morgan fingerprint density at radius 2 is 2.26 bits per heavy atom. The molecule has 1 aromatic heterocycles. The number of benzene rings is 1. The summed E-state index contributed by atoms with van der Waals surface area (Å²) in [5.41, 5.74) is 6.76. The van der Waals surface area contributed by atoms with Crippen LogP contribution in [-0.4, -0.2) is 29.6 Å². The fraction of sp³-hybridized carbons (Fsp3) is 0.385. The Morgan fingerprint density at radius 1 is 1.42 bits per heavy atom. The van der Waals surface area contributed by atoms with Crippen molar-refractivity contribution in [3.63, 3.8) is 0 Å². The maximum atomic E-state index is 11.0. The Morgan fingerprint density at radius 3 is 3.00 bits per heavy atom. The molecule has 0 radical (unpaired) electrons. The zero-order valence-electron chi connectivity index (χ0n) is 10.3. The molecule has 1 amide bonds. The number of nitrogens with one attached hydrogen (secondary N) is 1. The lowest BCUT2D eigenvalue weighted by molar-refractivity contribution is -0.128. The van der Waals surface area contributed by atoms with Crippen LogP contribution in [0.2, 0.25) is 0 Å². The Balaban J connectivity index is 1.59. The van der Waals surface area contributed by atoms with Gasteiger partial charge < -0.3 is 20.2 Å². The van der Waals surface area contributed by atoms with Crippen molar-refractivity contribution >= 4 is 23.0 Å². The minimum atomic E-state index is -0.463. The summed E-state index contributed by atoms with van der Waals surface area (Å²) >= 11 is 0. The van der Waals surface area contributed by atoms with Crippen molar-refractivity contribution in [3.8, 4) is 0 Å². The van der Waals surface area contributed by atoms with Gasteiger partial charge in [-0.2, -0.15) is 4.98 Å². The van der Waals surface area contributed by atoms with Crippen LogP contribution in [0.15, 0.2) is 28.7 Å². The molecule has 0 spiro atoms. The minimum Gasteiger partial charge on any atom is -0.424 e. The molecule has 0 unspecified atom stereocenters. The highest BCUT2D eigenvalue weighted by molar-refractivity contribution is 5.79. The summed E-state index contributed by atoms with van der Waals surface area (Å²) in [5.74, 6) is -0.399. The molecule has 1 fully saturated rings. The van der Waals surface area contributed by atoms with Gasteiger partial charge in [-0.05, 0) is 25.0 Å². The average molecular weight is 261 g/mol. The third-order valence-electron chi connectivity index (χ3n) is 3.20. The zero-order chi connectivity index (χ0) is 13.2. The lowest BCUT2D eigenvalue weighted by atomic mass is 10.2. The number of fused-ring (bicyclic) bond motifs is 1. The van der Waals surface area contributed by atoms with Crippen molar-refractivity contribution < 1.29 is 13.9 Å². The van der Waals surface area contributed by atoms with E-state index in [-0.39, 0.29) is 6.10 Å². The topological polar surface area (TPSA) is 90.4 Å². The number of nitrogens with zero attached hydrogens (tertiary/aromatic N) is 1. The first kappa shape index (κ1) is 12.0. The second-order valence-corrected chi connectivity index (χ2v) is 4.59. The molecule has 0 bridgehead atoms. The summed E-state index contributed by atoms with van der Waals surface area (Å²) in [5, 5.41) is 3.08. The van der Waals surface area contributed by atoms with E-state index >= 15 is 0 Å². The number of primary amides is 1. The van der Waals surface area contributed by atoms with E-state index in [9.17, 15) is 4.79 Å². The maximum Gasteiger partial charge on any atom is 0.295 e. The SMILES string of the molecule is NC(=O)[C@@H]1CC[C@@H](CNc2nc3ccccc3o2)O1. The number of hydrogen-bond donors (Lipinski definition) is 2. The molecule has 0 aliphatic carbocycles. The molecular formula is C13H15N3O3. The first-order valence-corrected chi connectivity index (χ1v) is 6.26.